The van der Waals surface area contributed by atoms with Crippen LogP contribution in [0.5, 0.6) is 0 Å². The number of hydrogen-bond donors (Lipinski definition) is 0. The Kier molecular flexibility index (Phi) is 7.39. The average Bonchev–Trinajstić information content (AvgIpc) is 3.28. The molecule has 1 fully saturated rings. The highest BCUT2D eigenvalue weighted by Crippen LogP contribution is 2.20. The number of nitrogens with zero attached hydrogens (tertiary/aromatic N) is 7. The number of rotatable bonds is 7. The van der Waals surface area contributed by atoms with Crippen molar-refractivity contribution in [2.45, 2.75) is 6.42 Å². The number of carbonyl (C=O) groups excluding carboxylic acids is 1. The smallest absolute Gasteiger partial charge is 0.344 e. The molecular formula is C22H23FN7OS+. The van der Waals surface area contributed by atoms with Gasteiger partial charge >= 0.3 is 5.91 Å². The van der Waals surface area contributed by atoms with Crippen molar-refractivity contribution in [3.63, 3.8) is 0 Å². The second kappa shape index (κ2) is 10.8. The fraction of sp³-hybridized carbons (Fsp3) is 0.318. The molecule has 0 bridgehead atoms. The second-order valence-corrected chi connectivity index (χ2v) is 8.08. The molecule has 0 aliphatic carbocycles. The molecule has 8 nitrogen and oxygen atoms in total. The van der Waals surface area contributed by atoms with Gasteiger partial charge in [0.05, 0.1) is 5.56 Å². The average molecular weight is 453 g/mol. The van der Waals surface area contributed by atoms with Gasteiger partial charge in [0.25, 0.3) is 0 Å². The van der Waals surface area contributed by atoms with Crippen molar-refractivity contribution in [1.82, 2.24) is 19.2 Å². The van der Waals surface area contributed by atoms with E-state index in [-0.39, 0.29) is 5.56 Å². The topological polar surface area (TPSA) is 88.2 Å². The highest BCUT2D eigenvalue weighted by atomic mass is 32.1. The van der Waals surface area contributed by atoms with E-state index in [0.717, 1.165) is 56.2 Å². The first-order valence-corrected chi connectivity index (χ1v) is 11.2. The SMILES string of the molecule is O=C(N=[N+]=NCCN1CCN(c2nc(Cc3ccccc3)ns2)CC1)c1cccc(F)c1. The Bertz CT molecular complexity index is 1110. The summed E-state index contributed by atoms with van der Waals surface area (Å²) in [6.07, 6.45) is 0.745. The number of carbonyl (C=O) groups is 1. The highest BCUT2D eigenvalue weighted by Gasteiger charge is 2.20. The summed E-state index contributed by atoms with van der Waals surface area (Å²) in [5.74, 6) is -0.232. The van der Waals surface area contributed by atoms with Gasteiger partial charge in [-0.3, -0.25) is 9.69 Å². The van der Waals surface area contributed by atoms with E-state index in [1.54, 1.807) is 0 Å². The summed E-state index contributed by atoms with van der Waals surface area (Å²) in [5.41, 5.74) is 1.36. The van der Waals surface area contributed by atoms with Crippen LogP contribution in [0.25, 0.3) is 0 Å². The van der Waals surface area contributed by atoms with Gasteiger partial charge in [0, 0.05) is 50.7 Å². The molecular weight excluding hydrogens is 429 g/mol. The van der Waals surface area contributed by atoms with Crippen LogP contribution in [0.3, 0.4) is 0 Å². The maximum Gasteiger partial charge on any atom is 0.360 e. The Labute approximate surface area is 189 Å². The molecule has 1 amide bonds. The highest BCUT2D eigenvalue weighted by molar-refractivity contribution is 7.09. The third-order valence-electron chi connectivity index (χ3n) is 5.09. The predicted octanol–water partition coefficient (Wildman–Crippen LogP) is 3.20. The number of halogens is 1. The summed E-state index contributed by atoms with van der Waals surface area (Å²) in [5, 5.41) is 8.42. The molecule has 1 saturated heterocycles. The fourth-order valence-corrected chi connectivity index (χ4v) is 4.11. The van der Waals surface area contributed by atoms with Crippen molar-refractivity contribution < 1.29 is 9.18 Å². The van der Waals surface area contributed by atoms with E-state index in [1.165, 1.54) is 35.3 Å². The van der Waals surface area contributed by atoms with Crippen LogP contribution in [0.2, 0.25) is 0 Å². The van der Waals surface area contributed by atoms with Gasteiger partial charge in [-0.15, -0.1) is 0 Å². The molecule has 0 saturated carbocycles. The van der Waals surface area contributed by atoms with Gasteiger partial charge in [-0.25, -0.2) is 9.37 Å². The van der Waals surface area contributed by atoms with Crippen LogP contribution in [-0.4, -0.2) is 59.4 Å². The third kappa shape index (κ3) is 6.10. The fourth-order valence-electron chi connectivity index (χ4n) is 3.37. The van der Waals surface area contributed by atoms with Crippen LogP contribution >= 0.6 is 11.5 Å². The van der Waals surface area contributed by atoms with Crippen molar-refractivity contribution in [2.24, 2.45) is 10.2 Å². The maximum absolute atomic E-state index is 13.1. The molecule has 2 heterocycles. The van der Waals surface area contributed by atoms with E-state index in [1.807, 2.05) is 18.2 Å². The molecule has 1 aliphatic rings. The number of anilines is 1. The number of amides is 1. The van der Waals surface area contributed by atoms with E-state index in [9.17, 15) is 9.18 Å². The predicted molar refractivity (Wildman–Crippen MR) is 120 cm³/mol. The number of hydrogen-bond acceptors (Lipinski definition) is 7. The minimum absolute atomic E-state index is 0.156. The molecule has 0 unspecified atom stereocenters. The number of piperazine rings is 1. The Morgan fingerprint density at radius 3 is 2.69 bits per heavy atom. The van der Waals surface area contributed by atoms with Crippen LogP contribution in [0.1, 0.15) is 21.7 Å². The summed E-state index contributed by atoms with van der Waals surface area (Å²) in [6.45, 7) is 4.71. The van der Waals surface area contributed by atoms with Crippen LogP contribution in [-0.2, 0) is 6.42 Å². The van der Waals surface area contributed by atoms with Crippen molar-refractivity contribution in [2.75, 3.05) is 44.2 Å². The van der Waals surface area contributed by atoms with E-state index in [4.69, 9.17) is 4.98 Å². The van der Waals surface area contributed by atoms with Gasteiger partial charge in [0.15, 0.2) is 0 Å². The minimum atomic E-state index is -0.606. The lowest BCUT2D eigenvalue weighted by Gasteiger charge is -2.33. The second-order valence-electron chi connectivity index (χ2n) is 7.35. The maximum atomic E-state index is 13.1. The molecule has 0 spiro atoms. The summed E-state index contributed by atoms with van der Waals surface area (Å²) >= 11 is 1.45. The Morgan fingerprint density at radius 2 is 1.91 bits per heavy atom. The van der Waals surface area contributed by atoms with Gasteiger partial charge in [-0.05, 0) is 23.8 Å². The standard InChI is InChI=1S/C22H23FN7OS/c23-19-8-4-7-18(16-19)21(31)26-28-24-9-10-29-11-13-30(14-12-29)22-25-20(27-32-22)15-17-5-2-1-3-6-17/h1-8,16H,9-15H2/q+1. The van der Waals surface area contributed by atoms with Gasteiger partial charge in [-0.1, -0.05) is 36.4 Å². The number of benzene rings is 2. The molecule has 164 valence electrons. The third-order valence-corrected chi connectivity index (χ3v) is 5.91. The molecule has 0 radical (unpaired) electrons. The van der Waals surface area contributed by atoms with Gasteiger partial charge in [0.1, 0.15) is 23.3 Å². The van der Waals surface area contributed by atoms with Gasteiger partial charge in [-0.2, -0.15) is 4.37 Å². The summed E-state index contributed by atoms with van der Waals surface area (Å²) in [6, 6.07) is 15.6. The molecule has 32 heavy (non-hydrogen) atoms. The summed E-state index contributed by atoms with van der Waals surface area (Å²) in [7, 11) is 0. The van der Waals surface area contributed by atoms with Crippen molar-refractivity contribution >= 4 is 22.6 Å². The van der Waals surface area contributed by atoms with Crippen LogP contribution in [0, 0.1) is 5.82 Å². The summed E-state index contributed by atoms with van der Waals surface area (Å²) in [4.78, 5) is 24.7. The zero-order chi connectivity index (χ0) is 22.2. The molecule has 1 aliphatic heterocycles. The Balaban J connectivity index is 1.20. The van der Waals surface area contributed by atoms with Crippen molar-refractivity contribution in [1.29, 1.82) is 0 Å². The van der Waals surface area contributed by atoms with E-state index < -0.39 is 11.7 Å². The van der Waals surface area contributed by atoms with Crippen LogP contribution in [0.4, 0.5) is 9.52 Å². The first-order valence-electron chi connectivity index (χ1n) is 10.4. The van der Waals surface area contributed by atoms with E-state index >= 15 is 0 Å². The lowest BCUT2D eigenvalue weighted by Crippen LogP contribution is -2.47. The lowest BCUT2D eigenvalue weighted by atomic mass is 10.1. The summed E-state index contributed by atoms with van der Waals surface area (Å²) < 4.78 is 17.6. The lowest BCUT2D eigenvalue weighted by molar-refractivity contribution is 0.0992. The first-order chi connectivity index (χ1) is 15.7. The quantitative estimate of drug-likeness (QED) is 0.406. The zero-order valence-corrected chi connectivity index (χ0v) is 18.3. The van der Waals surface area contributed by atoms with E-state index in [2.05, 4.69) is 41.4 Å². The molecule has 2 aromatic carbocycles. The van der Waals surface area contributed by atoms with Gasteiger partial charge in [0.2, 0.25) is 15.2 Å². The Hall–Kier alpha value is -3.33. The molecule has 3 aromatic rings. The van der Waals surface area contributed by atoms with Crippen molar-refractivity contribution in [3.8, 4) is 0 Å². The first kappa shape index (κ1) is 21.9. The number of aromatic nitrogens is 2. The van der Waals surface area contributed by atoms with Crippen LogP contribution in [0.15, 0.2) is 64.8 Å². The normalized spacial score (nSPS) is 14.1. The molecule has 0 N–H and O–H groups in total. The molecule has 1 aromatic heterocycles. The molecule has 0 atom stereocenters. The van der Waals surface area contributed by atoms with E-state index in [0.29, 0.717) is 6.54 Å². The minimum Gasteiger partial charge on any atom is -0.344 e. The molecule has 10 heteroatoms. The zero-order valence-electron chi connectivity index (χ0n) is 17.5. The van der Waals surface area contributed by atoms with Gasteiger partial charge < -0.3 is 4.90 Å². The van der Waals surface area contributed by atoms with Crippen LogP contribution < -0.4 is 9.81 Å². The monoisotopic (exact) mass is 452 g/mol. The molecule has 4 rings (SSSR count). The largest absolute Gasteiger partial charge is 0.360 e. The van der Waals surface area contributed by atoms with Crippen molar-refractivity contribution in [3.05, 3.63) is 77.4 Å². The Morgan fingerprint density at radius 1 is 1.09 bits per heavy atom.